The van der Waals surface area contributed by atoms with E-state index >= 15 is 0 Å². The fourth-order valence-electron chi connectivity index (χ4n) is 6.55. The fraction of sp³-hybridized carbons (Fsp3) is 0.400. The van der Waals surface area contributed by atoms with E-state index in [1.807, 2.05) is 24.3 Å². The molecule has 206 valence electrons. The average Bonchev–Trinajstić information content (AvgIpc) is 3.65. The predicted octanol–water partition coefficient (Wildman–Crippen LogP) is 7.98. The molecule has 0 atom stereocenters. The lowest BCUT2D eigenvalue weighted by molar-refractivity contribution is 0.0164. The van der Waals surface area contributed by atoms with E-state index in [1.54, 1.807) is 0 Å². The van der Waals surface area contributed by atoms with Gasteiger partial charge >= 0.3 is 11.1 Å². The van der Waals surface area contributed by atoms with Gasteiger partial charge in [0, 0.05) is 16.1 Å². The van der Waals surface area contributed by atoms with Crippen LogP contribution >= 0.6 is 22.7 Å². The highest BCUT2D eigenvalue weighted by molar-refractivity contribution is 7.19. The number of nitriles is 2. The van der Waals surface area contributed by atoms with Crippen LogP contribution in [0.5, 0.6) is 11.5 Å². The van der Waals surface area contributed by atoms with E-state index in [2.05, 4.69) is 19.7 Å². The van der Waals surface area contributed by atoms with Crippen LogP contribution in [-0.4, -0.2) is 21.6 Å². The van der Waals surface area contributed by atoms with Gasteiger partial charge in [-0.3, -0.25) is 0 Å². The van der Waals surface area contributed by atoms with Crippen molar-refractivity contribution in [1.29, 1.82) is 10.5 Å². The lowest BCUT2D eigenvalue weighted by atomic mass is 9.78. The van der Waals surface area contributed by atoms with Crippen molar-refractivity contribution >= 4 is 44.6 Å². The molecule has 2 spiro atoms. The molecule has 12 heteroatoms. The van der Waals surface area contributed by atoms with E-state index in [0.29, 0.717) is 10.3 Å². The summed E-state index contributed by atoms with van der Waals surface area (Å²) in [5.41, 5.74) is 1.92. The largest absolute Gasteiger partial charge is 0.636 e. The van der Waals surface area contributed by atoms with Gasteiger partial charge in [-0.05, 0) is 76.6 Å². The van der Waals surface area contributed by atoms with Crippen LogP contribution in [0.1, 0.15) is 75.6 Å². The van der Waals surface area contributed by atoms with Crippen molar-refractivity contribution in [2.24, 2.45) is 9.98 Å². The zero-order chi connectivity index (χ0) is 28.9. The summed E-state index contributed by atoms with van der Waals surface area (Å²) >= 11 is 2.74. The van der Waals surface area contributed by atoms with Gasteiger partial charge < -0.3 is 9.47 Å². The number of ether oxygens (including phenoxy) is 2. The van der Waals surface area contributed by atoms with Gasteiger partial charge in [-0.1, -0.05) is 35.5 Å². The smallest absolute Gasteiger partial charge is 0.480 e. The SMILES string of the molecule is [C-]#[N+]C(=Nc1nc2c(s1)-c1cc3c(cc1OC21CCCCC1)-c1sc(N=C(C#N)C#N)nc1C1(CCCCC1)O3)[N+]#[C-]. The van der Waals surface area contributed by atoms with Crippen molar-refractivity contribution in [1.82, 2.24) is 9.97 Å². The molecule has 2 saturated carbocycles. The van der Waals surface area contributed by atoms with E-state index in [1.165, 1.54) is 22.7 Å². The molecule has 4 aliphatic rings. The summed E-state index contributed by atoms with van der Waals surface area (Å²) in [5.74, 6) is 1.18. The Kier molecular flexibility index (Phi) is 6.28. The molecule has 2 fully saturated rings. The molecule has 0 unspecified atom stereocenters. The first-order valence-electron chi connectivity index (χ1n) is 13.8. The Bertz CT molecular complexity index is 1690. The Morgan fingerprint density at radius 2 is 1.21 bits per heavy atom. The van der Waals surface area contributed by atoms with Gasteiger partial charge in [0.1, 0.15) is 35.0 Å². The van der Waals surface area contributed by atoms with Crippen LogP contribution in [0.25, 0.3) is 30.6 Å². The van der Waals surface area contributed by atoms with Crippen molar-refractivity contribution in [3.63, 3.8) is 0 Å². The molecular weight excluding hydrogens is 569 g/mol. The first kappa shape index (κ1) is 26.3. The Hall–Kier alpha value is -4.62. The summed E-state index contributed by atoms with van der Waals surface area (Å²) in [6.07, 6.45) is 9.55. The van der Waals surface area contributed by atoms with Crippen LogP contribution in [0.15, 0.2) is 22.1 Å². The van der Waals surface area contributed by atoms with E-state index in [0.717, 1.165) is 108 Å². The molecule has 0 N–H and O–H groups in total. The van der Waals surface area contributed by atoms with Crippen LogP contribution in [0.4, 0.5) is 10.3 Å². The van der Waals surface area contributed by atoms with Crippen molar-refractivity contribution in [2.75, 3.05) is 0 Å². The van der Waals surface area contributed by atoms with Crippen molar-refractivity contribution < 1.29 is 9.47 Å². The second kappa shape index (κ2) is 10.0. The molecule has 0 radical (unpaired) electrons. The molecule has 1 aromatic carbocycles. The van der Waals surface area contributed by atoms with Gasteiger partial charge in [0.15, 0.2) is 11.2 Å². The molecule has 0 saturated heterocycles. The van der Waals surface area contributed by atoms with E-state index < -0.39 is 11.2 Å². The zero-order valence-electron chi connectivity index (χ0n) is 22.4. The number of hydrogen-bond donors (Lipinski definition) is 0. The number of aromatic nitrogens is 2. The average molecular weight is 591 g/mol. The van der Waals surface area contributed by atoms with Gasteiger partial charge in [-0.2, -0.15) is 20.5 Å². The Labute approximate surface area is 250 Å². The summed E-state index contributed by atoms with van der Waals surface area (Å²) in [4.78, 5) is 26.5. The molecule has 7 rings (SSSR count). The number of guanidine groups is 1. The number of aliphatic imine (C=N–C) groups is 2. The monoisotopic (exact) mass is 590 g/mol. The van der Waals surface area contributed by atoms with Gasteiger partial charge in [0.05, 0.1) is 9.75 Å². The van der Waals surface area contributed by atoms with Crippen LogP contribution in [0.2, 0.25) is 0 Å². The third-order valence-corrected chi connectivity index (χ3v) is 10.4. The maximum atomic E-state index is 9.29. The summed E-state index contributed by atoms with van der Waals surface area (Å²) in [6.45, 7) is 14.5. The Morgan fingerprint density at radius 3 is 1.64 bits per heavy atom. The van der Waals surface area contributed by atoms with Gasteiger partial charge in [-0.25, -0.2) is 14.7 Å². The lowest BCUT2D eigenvalue weighted by Crippen LogP contribution is -2.39. The summed E-state index contributed by atoms with van der Waals surface area (Å²) in [6, 6.07) is 7.71. The van der Waals surface area contributed by atoms with Crippen LogP contribution in [-0.2, 0) is 11.2 Å². The minimum Gasteiger partial charge on any atom is -0.480 e. The van der Waals surface area contributed by atoms with Gasteiger partial charge in [0.25, 0.3) is 0 Å². The van der Waals surface area contributed by atoms with Crippen LogP contribution in [0.3, 0.4) is 0 Å². The maximum absolute atomic E-state index is 9.29. The third kappa shape index (κ3) is 4.07. The van der Waals surface area contributed by atoms with Gasteiger partial charge in [-0.15, -0.1) is 0 Å². The molecular formula is C30H22N8O2S2. The minimum absolute atomic E-state index is 0.233. The first-order chi connectivity index (χ1) is 20.5. The Morgan fingerprint density at radius 1 is 0.762 bits per heavy atom. The summed E-state index contributed by atoms with van der Waals surface area (Å²) < 4.78 is 13.7. The number of nitrogens with zero attached hydrogens (tertiary/aromatic N) is 8. The lowest BCUT2D eigenvalue weighted by Gasteiger charge is -2.42. The molecule has 4 heterocycles. The number of fused-ring (bicyclic) bond motifs is 8. The van der Waals surface area contributed by atoms with Crippen LogP contribution in [0, 0.1) is 35.8 Å². The first-order valence-corrected chi connectivity index (χ1v) is 15.5. The molecule has 10 nitrogen and oxygen atoms in total. The van der Waals surface area contributed by atoms with E-state index in [9.17, 15) is 10.5 Å². The van der Waals surface area contributed by atoms with Crippen molar-refractivity contribution in [3.8, 4) is 44.5 Å². The number of thiazole rings is 2. The normalized spacial score (nSPS) is 18.2. The van der Waals surface area contributed by atoms with Gasteiger partial charge in [0.2, 0.25) is 10.8 Å². The number of hydrogen-bond acceptors (Lipinski definition) is 10. The molecule has 42 heavy (non-hydrogen) atoms. The van der Waals surface area contributed by atoms with Crippen molar-refractivity contribution in [2.45, 2.75) is 75.4 Å². The molecule has 2 aliphatic heterocycles. The predicted molar refractivity (Wildman–Crippen MR) is 158 cm³/mol. The maximum Gasteiger partial charge on any atom is 0.636 e. The topological polar surface area (TPSA) is 125 Å². The second-order valence-electron chi connectivity index (χ2n) is 10.8. The Balaban J connectivity index is 1.42. The van der Waals surface area contributed by atoms with E-state index in [-0.39, 0.29) is 11.7 Å². The third-order valence-electron chi connectivity index (χ3n) is 8.41. The summed E-state index contributed by atoms with van der Waals surface area (Å²) in [7, 11) is 0. The summed E-state index contributed by atoms with van der Waals surface area (Å²) in [5, 5.41) is 19.3. The number of benzene rings is 1. The van der Waals surface area contributed by atoms with E-state index in [4.69, 9.17) is 32.6 Å². The zero-order valence-corrected chi connectivity index (χ0v) is 24.1. The minimum atomic E-state index is -0.606. The highest BCUT2D eigenvalue weighted by Crippen LogP contribution is 2.60. The molecule has 2 aliphatic carbocycles. The molecule has 2 aromatic heterocycles. The molecule has 0 bridgehead atoms. The molecule has 3 aromatic rings. The standard InChI is InChI=1S/C30H22N8O2S2/c1-33-26(34-2)38-28-37-25-23(42-28)19-14-20-18(13-21(19)40-30(25)11-7-4-8-12-30)22-24(29(39-20)9-5-3-6-10-29)36-27(41-22)35-17(15-31)16-32/h13-14H,3-12H2. The fourth-order valence-corrected chi connectivity index (χ4v) is 8.65. The second-order valence-corrected chi connectivity index (χ2v) is 12.8. The number of rotatable bonds is 2. The van der Waals surface area contributed by atoms with Crippen LogP contribution < -0.4 is 9.47 Å². The van der Waals surface area contributed by atoms with Crippen molar-refractivity contribution in [3.05, 3.63) is 46.4 Å². The highest BCUT2D eigenvalue weighted by Gasteiger charge is 2.49. The quantitative estimate of drug-likeness (QED) is 0.169. The highest BCUT2D eigenvalue weighted by atomic mass is 32.1. The molecule has 0 amide bonds.